The molecule has 24 heavy (non-hydrogen) atoms. The molecule has 0 aliphatic carbocycles. The zero-order chi connectivity index (χ0) is 18.4. The summed E-state index contributed by atoms with van der Waals surface area (Å²) in [4.78, 5) is 0. The Kier molecular flexibility index (Phi) is 4.47. The second-order valence-electron chi connectivity index (χ2n) is 8.90. The molecular weight excluding hydrogens is 296 g/mol. The molecule has 0 bridgehead atoms. The lowest BCUT2D eigenvalue weighted by Gasteiger charge is -2.25. The molecule has 0 unspecified atom stereocenters. The Morgan fingerprint density at radius 1 is 0.667 bits per heavy atom. The molecule has 0 amide bonds. The summed E-state index contributed by atoms with van der Waals surface area (Å²) < 4.78 is 0. The van der Waals surface area contributed by atoms with Crippen LogP contribution in [0.25, 0.3) is 11.1 Å². The molecule has 0 aliphatic rings. The molecular formula is C22H30O2. The molecule has 2 heteroatoms. The Labute approximate surface area is 146 Å². The topological polar surface area (TPSA) is 40.5 Å². The molecule has 0 aromatic heterocycles. The van der Waals surface area contributed by atoms with E-state index in [1.165, 1.54) is 0 Å². The van der Waals surface area contributed by atoms with Gasteiger partial charge in [0.1, 0.15) is 11.5 Å². The summed E-state index contributed by atoms with van der Waals surface area (Å²) in [5.41, 5.74) is 5.26. The van der Waals surface area contributed by atoms with Gasteiger partial charge in [0.05, 0.1) is 0 Å². The van der Waals surface area contributed by atoms with Crippen LogP contribution < -0.4 is 0 Å². The Morgan fingerprint density at radius 3 is 1.67 bits per heavy atom. The molecule has 2 aromatic rings. The van der Waals surface area contributed by atoms with Crippen LogP contribution in [-0.2, 0) is 10.8 Å². The third-order valence-electron chi connectivity index (χ3n) is 4.48. The maximum atomic E-state index is 10.9. The molecule has 0 spiro atoms. The van der Waals surface area contributed by atoms with E-state index in [1.54, 1.807) is 0 Å². The number of hydrogen-bond donors (Lipinski definition) is 2. The van der Waals surface area contributed by atoms with E-state index >= 15 is 0 Å². The van der Waals surface area contributed by atoms with Crippen molar-refractivity contribution in [3.63, 3.8) is 0 Å². The largest absolute Gasteiger partial charge is 0.507 e. The number of phenolic OH excluding ortho intramolecular Hbond substituents is 2. The fraction of sp³-hybridized carbons (Fsp3) is 0.455. The molecule has 2 nitrogen and oxygen atoms in total. The van der Waals surface area contributed by atoms with Crippen molar-refractivity contribution in [3.05, 3.63) is 46.5 Å². The van der Waals surface area contributed by atoms with E-state index in [9.17, 15) is 10.2 Å². The monoisotopic (exact) mass is 326 g/mol. The van der Waals surface area contributed by atoms with Gasteiger partial charge in [0.25, 0.3) is 0 Å². The molecule has 2 rings (SSSR count). The van der Waals surface area contributed by atoms with Crippen LogP contribution in [0.2, 0.25) is 0 Å². The highest BCUT2D eigenvalue weighted by atomic mass is 16.3. The maximum absolute atomic E-state index is 10.9. The van der Waals surface area contributed by atoms with E-state index in [0.29, 0.717) is 11.5 Å². The lowest BCUT2D eigenvalue weighted by molar-refractivity contribution is 0.442. The minimum Gasteiger partial charge on any atom is -0.507 e. The van der Waals surface area contributed by atoms with E-state index < -0.39 is 0 Å². The Bertz CT molecular complexity index is 772. The minimum absolute atomic E-state index is 0.135. The second kappa shape index (κ2) is 5.84. The zero-order valence-corrected chi connectivity index (χ0v) is 16.2. The first kappa shape index (κ1) is 18.4. The van der Waals surface area contributed by atoms with Gasteiger partial charge in [-0.2, -0.15) is 0 Å². The van der Waals surface area contributed by atoms with Gasteiger partial charge in [0.15, 0.2) is 0 Å². The van der Waals surface area contributed by atoms with Crippen molar-refractivity contribution >= 4 is 0 Å². The molecule has 0 heterocycles. The lowest BCUT2D eigenvalue weighted by atomic mass is 9.81. The molecule has 2 N–H and O–H groups in total. The standard InChI is InChI=1S/C22H30O2/c1-13-9-16(20(24)17(10-13)21(3,4)5)15-11-14(2)19(23)18(12-15)22(6,7)8/h9-12,23-24H,1-8H3. The molecule has 0 radical (unpaired) electrons. The van der Waals surface area contributed by atoms with Gasteiger partial charge < -0.3 is 10.2 Å². The van der Waals surface area contributed by atoms with Gasteiger partial charge in [-0.3, -0.25) is 0 Å². The maximum Gasteiger partial charge on any atom is 0.127 e. The zero-order valence-electron chi connectivity index (χ0n) is 16.2. The van der Waals surface area contributed by atoms with E-state index in [-0.39, 0.29) is 10.8 Å². The quantitative estimate of drug-likeness (QED) is 0.677. The first-order valence-corrected chi connectivity index (χ1v) is 8.51. The van der Waals surface area contributed by atoms with E-state index in [4.69, 9.17) is 0 Å². The van der Waals surface area contributed by atoms with Crippen LogP contribution in [0.4, 0.5) is 0 Å². The normalized spacial score (nSPS) is 12.5. The van der Waals surface area contributed by atoms with Gasteiger partial charge in [-0.05, 0) is 59.6 Å². The van der Waals surface area contributed by atoms with Crippen LogP contribution in [0.3, 0.4) is 0 Å². The first-order chi connectivity index (χ1) is 10.8. The highest BCUT2D eigenvalue weighted by molar-refractivity contribution is 5.75. The summed E-state index contributed by atoms with van der Waals surface area (Å²) in [6.45, 7) is 16.5. The number of hydrogen-bond acceptors (Lipinski definition) is 2. The molecule has 130 valence electrons. The summed E-state index contributed by atoms with van der Waals surface area (Å²) in [6, 6.07) is 8.02. The average molecular weight is 326 g/mol. The minimum atomic E-state index is -0.169. The number of benzene rings is 2. The summed E-state index contributed by atoms with van der Waals surface area (Å²) in [7, 11) is 0. The van der Waals surface area contributed by atoms with Crippen LogP contribution in [0, 0.1) is 13.8 Å². The molecule has 0 atom stereocenters. The summed E-state index contributed by atoms with van der Waals surface area (Å²) in [5.74, 6) is 0.674. The average Bonchev–Trinajstić information content (AvgIpc) is 2.41. The molecule has 2 aromatic carbocycles. The van der Waals surface area contributed by atoms with Crippen molar-refractivity contribution in [3.8, 4) is 22.6 Å². The number of phenols is 2. The van der Waals surface area contributed by atoms with E-state index in [0.717, 1.165) is 33.4 Å². The fourth-order valence-electron chi connectivity index (χ4n) is 3.08. The summed E-state index contributed by atoms with van der Waals surface area (Å²) >= 11 is 0. The summed E-state index contributed by atoms with van der Waals surface area (Å²) in [6.07, 6.45) is 0. The predicted octanol–water partition coefficient (Wildman–Crippen LogP) is 5.98. The Hall–Kier alpha value is -1.96. The van der Waals surface area contributed by atoms with E-state index in [1.807, 2.05) is 25.1 Å². The molecule has 0 fully saturated rings. The van der Waals surface area contributed by atoms with Crippen molar-refractivity contribution in [2.75, 3.05) is 0 Å². The van der Waals surface area contributed by atoms with Crippen LogP contribution in [-0.4, -0.2) is 10.2 Å². The van der Waals surface area contributed by atoms with Gasteiger partial charge in [0.2, 0.25) is 0 Å². The van der Waals surface area contributed by atoms with Crippen molar-refractivity contribution in [2.24, 2.45) is 0 Å². The smallest absolute Gasteiger partial charge is 0.127 e. The Balaban J connectivity index is 2.79. The SMILES string of the molecule is Cc1cc(-c2cc(C)c(O)c(C(C)(C)C)c2)c(O)c(C(C)(C)C)c1. The number of aromatic hydroxyl groups is 2. The molecule has 0 saturated heterocycles. The van der Waals surface area contributed by atoms with Crippen molar-refractivity contribution in [1.82, 2.24) is 0 Å². The van der Waals surface area contributed by atoms with Crippen LogP contribution in [0.1, 0.15) is 63.8 Å². The van der Waals surface area contributed by atoms with E-state index in [2.05, 4.69) is 54.5 Å². The summed E-state index contributed by atoms with van der Waals surface area (Å²) in [5, 5.41) is 21.3. The number of rotatable bonds is 1. The Morgan fingerprint density at radius 2 is 1.17 bits per heavy atom. The second-order valence-corrected chi connectivity index (χ2v) is 8.90. The third kappa shape index (κ3) is 3.43. The third-order valence-corrected chi connectivity index (χ3v) is 4.48. The van der Waals surface area contributed by atoms with Crippen LogP contribution >= 0.6 is 0 Å². The predicted molar refractivity (Wildman–Crippen MR) is 102 cm³/mol. The van der Waals surface area contributed by atoms with Crippen molar-refractivity contribution in [2.45, 2.75) is 66.2 Å². The van der Waals surface area contributed by atoms with Gasteiger partial charge in [-0.15, -0.1) is 0 Å². The molecule has 0 saturated carbocycles. The van der Waals surface area contributed by atoms with Crippen molar-refractivity contribution in [1.29, 1.82) is 0 Å². The van der Waals surface area contributed by atoms with Crippen LogP contribution in [0.5, 0.6) is 11.5 Å². The highest BCUT2D eigenvalue weighted by Gasteiger charge is 2.24. The van der Waals surface area contributed by atoms with Gasteiger partial charge >= 0.3 is 0 Å². The van der Waals surface area contributed by atoms with Gasteiger partial charge in [-0.25, -0.2) is 0 Å². The molecule has 0 aliphatic heterocycles. The fourth-order valence-corrected chi connectivity index (χ4v) is 3.08. The van der Waals surface area contributed by atoms with Crippen molar-refractivity contribution < 1.29 is 10.2 Å². The first-order valence-electron chi connectivity index (χ1n) is 8.51. The lowest BCUT2D eigenvalue weighted by Crippen LogP contribution is -2.13. The highest BCUT2D eigenvalue weighted by Crippen LogP contribution is 2.43. The number of aryl methyl sites for hydroxylation is 2. The van der Waals surface area contributed by atoms with Gasteiger partial charge in [0, 0.05) is 16.7 Å². The van der Waals surface area contributed by atoms with Gasteiger partial charge in [-0.1, -0.05) is 47.6 Å². The van der Waals surface area contributed by atoms with Crippen LogP contribution in [0.15, 0.2) is 24.3 Å².